The first-order valence-corrected chi connectivity index (χ1v) is 9.74. The van der Waals surface area contributed by atoms with Crippen molar-refractivity contribution in [1.29, 1.82) is 0 Å². The van der Waals surface area contributed by atoms with E-state index < -0.39 is 0 Å². The fourth-order valence-corrected chi connectivity index (χ4v) is 2.17. The van der Waals surface area contributed by atoms with E-state index in [1.165, 1.54) is 37.3 Å². The lowest BCUT2D eigenvalue weighted by atomic mass is 10.1. The number of benzene rings is 1. The van der Waals surface area contributed by atoms with Gasteiger partial charge in [0.1, 0.15) is 5.78 Å². The summed E-state index contributed by atoms with van der Waals surface area (Å²) < 4.78 is 0. The maximum absolute atomic E-state index is 10.9. The third-order valence-corrected chi connectivity index (χ3v) is 3.78. The third kappa shape index (κ3) is 15.8. The molecule has 0 radical (unpaired) electrons. The van der Waals surface area contributed by atoms with Gasteiger partial charge in [-0.05, 0) is 51.5 Å². The number of nitrogens with two attached hydrogens (primary N) is 1. The third-order valence-electron chi connectivity index (χ3n) is 3.78. The van der Waals surface area contributed by atoms with Gasteiger partial charge in [-0.3, -0.25) is 15.4 Å². The average molecular weight is 366 g/mol. The molecule has 0 aliphatic heterocycles. The second-order valence-electron chi connectivity index (χ2n) is 5.99. The molecule has 0 aliphatic carbocycles. The molecule has 5 nitrogen and oxygen atoms in total. The van der Waals surface area contributed by atoms with Gasteiger partial charge in [0.2, 0.25) is 6.41 Å². The van der Waals surface area contributed by atoms with Crippen LogP contribution in [0.15, 0.2) is 24.3 Å². The summed E-state index contributed by atoms with van der Waals surface area (Å²) >= 11 is 0. The summed E-state index contributed by atoms with van der Waals surface area (Å²) in [6.45, 7) is 10.5. The van der Waals surface area contributed by atoms with E-state index in [1.807, 2.05) is 13.8 Å². The molecule has 0 spiro atoms. The minimum atomic E-state index is -0.253. The molecule has 4 N–H and O–H groups in total. The molecule has 1 unspecified atom stereocenters. The van der Waals surface area contributed by atoms with Gasteiger partial charge >= 0.3 is 0 Å². The van der Waals surface area contributed by atoms with Crippen LogP contribution in [-0.2, 0) is 16.0 Å². The zero-order chi connectivity index (χ0) is 20.2. The Labute approximate surface area is 160 Å². The summed E-state index contributed by atoms with van der Waals surface area (Å²) in [6.07, 6.45) is 6.95. The Morgan fingerprint density at radius 2 is 1.77 bits per heavy atom. The molecular weight excluding hydrogens is 326 g/mol. The molecule has 0 saturated heterocycles. The van der Waals surface area contributed by atoms with Gasteiger partial charge in [0.25, 0.3) is 0 Å². The van der Waals surface area contributed by atoms with Crippen LogP contribution in [-0.4, -0.2) is 24.8 Å². The van der Waals surface area contributed by atoms with E-state index in [9.17, 15) is 9.59 Å². The molecular formula is C21H39N3O2. The van der Waals surface area contributed by atoms with Crippen LogP contribution < -0.4 is 16.6 Å². The summed E-state index contributed by atoms with van der Waals surface area (Å²) in [7, 11) is 0. The molecule has 0 bridgehead atoms. The number of carbonyl (C=O) groups is 2. The Hall–Kier alpha value is -1.72. The van der Waals surface area contributed by atoms with Gasteiger partial charge in [-0.2, -0.15) is 0 Å². The van der Waals surface area contributed by atoms with E-state index in [1.54, 1.807) is 0 Å². The predicted molar refractivity (Wildman–Crippen MR) is 111 cm³/mol. The van der Waals surface area contributed by atoms with Gasteiger partial charge in [-0.15, -0.1) is 0 Å². The first-order valence-electron chi connectivity index (χ1n) is 9.74. The summed E-state index contributed by atoms with van der Waals surface area (Å²) in [5, 5.41) is 2.55. The highest BCUT2D eigenvalue weighted by Crippen LogP contribution is 2.06. The SMILES string of the molecule is CC.CC(=O)C(CCCCNC=O)NN.CCCCc1ccc(C)cc1. The summed E-state index contributed by atoms with van der Waals surface area (Å²) in [4.78, 5) is 20.7. The van der Waals surface area contributed by atoms with Crippen molar-refractivity contribution < 1.29 is 9.59 Å². The lowest BCUT2D eigenvalue weighted by molar-refractivity contribution is -0.119. The lowest BCUT2D eigenvalue weighted by Crippen LogP contribution is -2.40. The fourth-order valence-electron chi connectivity index (χ4n) is 2.17. The average Bonchev–Trinajstić information content (AvgIpc) is 2.66. The second-order valence-corrected chi connectivity index (χ2v) is 5.99. The Morgan fingerprint density at radius 1 is 1.15 bits per heavy atom. The first-order chi connectivity index (χ1) is 12.5. The van der Waals surface area contributed by atoms with Crippen molar-refractivity contribution in [2.24, 2.45) is 5.84 Å². The minimum absolute atomic E-state index is 0.0471. The van der Waals surface area contributed by atoms with Crippen LogP contribution in [0.1, 0.15) is 70.9 Å². The second kappa shape index (κ2) is 19.6. The molecule has 0 fully saturated rings. The highest BCUT2D eigenvalue weighted by molar-refractivity contribution is 5.81. The van der Waals surface area contributed by atoms with Crippen LogP contribution in [0.2, 0.25) is 0 Å². The number of hydrazine groups is 1. The fraction of sp³-hybridized carbons (Fsp3) is 0.619. The van der Waals surface area contributed by atoms with Crippen LogP contribution >= 0.6 is 0 Å². The first kappa shape index (κ1) is 26.5. The van der Waals surface area contributed by atoms with Crippen LogP contribution in [0.4, 0.5) is 0 Å². The largest absolute Gasteiger partial charge is 0.359 e. The van der Waals surface area contributed by atoms with Gasteiger partial charge in [0, 0.05) is 6.54 Å². The molecule has 1 aromatic rings. The quantitative estimate of drug-likeness (QED) is 0.242. The lowest BCUT2D eigenvalue weighted by Gasteiger charge is -2.11. The van der Waals surface area contributed by atoms with Crippen LogP contribution in [0.25, 0.3) is 0 Å². The van der Waals surface area contributed by atoms with Crippen molar-refractivity contribution in [2.45, 2.75) is 79.2 Å². The summed E-state index contributed by atoms with van der Waals surface area (Å²) in [6, 6.07) is 8.57. The van der Waals surface area contributed by atoms with Crippen molar-refractivity contribution in [3.05, 3.63) is 35.4 Å². The van der Waals surface area contributed by atoms with E-state index in [2.05, 4.69) is 48.9 Å². The van der Waals surface area contributed by atoms with Crippen LogP contribution in [0.3, 0.4) is 0 Å². The summed E-state index contributed by atoms with van der Waals surface area (Å²) in [5.74, 6) is 5.22. The number of ketones is 1. The molecule has 0 aliphatic rings. The number of hydrogen-bond donors (Lipinski definition) is 3. The van der Waals surface area contributed by atoms with Crippen LogP contribution in [0.5, 0.6) is 0 Å². The summed E-state index contributed by atoms with van der Waals surface area (Å²) in [5.41, 5.74) is 5.27. The highest BCUT2D eigenvalue weighted by atomic mass is 16.1. The van der Waals surface area contributed by atoms with Gasteiger partial charge < -0.3 is 5.32 Å². The van der Waals surface area contributed by atoms with E-state index in [0.29, 0.717) is 19.4 Å². The smallest absolute Gasteiger partial charge is 0.207 e. The number of unbranched alkanes of at least 4 members (excludes halogenated alkanes) is 2. The van der Waals surface area contributed by atoms with Crippen molar-refractivity contribution in [3.8, 4) is 0 Å². The number of amides is 1. The molecule has 150 valence electrons. The van der Waals surface area contributed by atoms with Crippen molar-refractivity contribution >= 4 is 12.2 Å². The number of hydrogen-bond acceptors (Lipinski definition) is 4. The molecule has 1 amide bonds. The number of aryl methyl sites for hydroxylation is 2. The van der Waals surface area contributed by atoms with Crippen molar-refractivity contribution in [3.63, 3.8) is 0 Å². The molecule has 1 aromatic carbocycles. The number of nitrogens with one attached hydrogen (secondary N) is 2. The monoisotopic (exact) mass is 365 g/mol. The molecule has 0 saturated carbocycles. The van der Waals surface area contributed by atoms with Gasteiger partial charge in [0.15, 0.2) is 0 Å². The van der Waals surface area contributed by atoms with E-state index in [-0.39, 0.29) is 11.8 Å². The van der Waals surface area contributed by atoms with E-state index in [4.69, 9.17) is 5.84 Å². The molecule has 26 heavy (non-hydrogen) atoms. The standard InChI is InChI=1S/C11H16.C8H17N3O2.C2H6/c1-3-4-5-11-8-6-10(2)7-9-11;1-7(13)8(11-9)4-2-3-5-10-6-12;1-2/h6-9H,3-5H2,1-2H3;6,8,11H,2-5,9H2,1H3,(H,10,12);1-2H3. The number of carbonyl (C=O) groups excluding carboxylic acids is 2. The maximum atomic E-state index is 10.9. The van der Waals surface area contributed by atoms with Crippen LogP contribution in [0, 0.1) is 6.92 Å². The number of rotatable bonds is 11. The topological polar surface area (TPSA) is 84.2 Å². The molecule has 1 rings (SSSR count). The Morgan fingerprint density at radius 3 is 2.23 bits per heavy atom. The highest BCUT2D eigenvalue weighted by Gasteiger charge is 2.10. The molecule has 0 heterocycles. The normalized spacial score (nSPS) is 10.5. The zero-order valence-electron chi connectivity index (χ0n) is 17.3. The van der Waals surface area contributed by atoms with Gasteiger partial charge in [-0.25, -0.2) is 5.43 Å². The molecule has 0 aromatic heterocycles. The van der Waals surface area contributed by atoms with Gasteiger partial charge in [-0.1, -0.05) is 57.0 Å². The van der Waals surface area contributed by atoms with Crippen molar-refractivity contribution in [2.75, 3.05) is 6.54 Å². The molecule has 1 atom stereocenters. The molecule has 5 heteroatoms. The predicted octanol–water partition coefficient (Wildman–Crippen LogP) is 3.69. The number of Topliss-reactive ketones (excluding diaryl/α,β-unsaturated/α-hetero) is 1. The minimum Gasteiger partial charge on any atom is -0.359 e. The zero-order valence-corrected chi connectivity index (χ0v) is 17.3. The van der Waals surface area contributed by atoms with E-state index >= 15 is 0 Å². The van der Waals surface area contributed by atoms with Gasteiger partial charge in [0.05, 0.1) is 6.04 Å². The van der Waals surface area contributed by atoms with Crippen molar-refractivity contribution in [1.82, 2.24) is 10.7 Å². The Bertz CT molecular complexity index is 447. The Kier molecular flexibility index (Phi) is 20.0. The van der Waals surface area contributed by atoms with E-state index in [0.717, 1.165) is 12.8 Å². The Balaban J connectivity index is 0. The maximum Gasteiger partial charge on any atom is 0.207 e.